The van der Waals surface area contributed by atoms with Crippen molar-refractivity contribution in [3.8, 4) is 0 Å². The predicted octanol–water partition coefficient (Wildman–Crippen LogP) is 1.25. The standard InChI is InChI=1S/C14H22N4O4/c1-11-15-13(18(21)22)10-16(11)8-6-14(20)17-7-2-4-12(17)5-3-9-19/h10,12,19H,2-9H2,1H3. The number of aryl methyl sites for hydroxylation is 2. The van der Waals surface area contributed by atoms with Crippen LogP contribution in [0.5, 0.6) is 0 Å². The zero-order chi connectivity index (χ0) is 16.1. The second-order valence-corrected chi connectivity index (χ2v) is 5.60. The number of aliphatic hydroxyl groups is 1. The van der Waals surface area contributed by atoms with Crippen LogP contribution in [0.3, 0.4) is 0 Å². The number of imidazole rings is 1. The summed E-state index contributed by atoms with van der Waals surface area (Å²) in [6, 6.07) is 0.220. The molecule has 122 valence electrons. The molecular weight excluding hydrogens is 288 g/mol. The Morgan fingerprint density at radius 1 is 1.59 bits per heavy atom. The first-order valence-electron chi connectivity index (χ1n) is 7.61. The zero-order valence-corrected chi connectivity index (χ0v) is 12.8. The molecule has 1 N–H and O–H groups in total. The van der Waals surface area contributed by atoms with Gasteiger partial charge in [0, 0.05) is 39.1 Å². The van der Waals surface area contributed by atoms with Crippen LogP contribution in [0, 0.1) is 17.0 Å². The average molecular weight is 310 g/mol. The Bertz CT molecular complexity index is 543. The Morgan fingerprint density at radius 2 is 2.36 bits per heavy atom. The van der Waals surface area contributed by atoms with E-state index in [2.05, 4.69) is 4.98 Å². The van der Waals surface area contributed by atoms with E-state index in [1.54, 1.807) is 11.5 Å². The van der Waals surface area contributed by atoms with Crippen molar-refractivity contribution in [2.75, 3.05) is 13.2 Å². The van der Waals surface area contributed by atoms with E-state index in [4.69, 9.17) is 5.11 Å². The lowest BCUT2D eigenvalue weighted by molar-refractivity contribution is -0.389. The number of rotatable bonds is 7. The van der Waals surface area contributed by atoms with Crippen molar-refractivity contribution >= 4 is 11.7 Å². The van der Waals surface area contributed by atoms with Crippen LogP contribution in [-0.4, -0.2) is 49.6 Å². The minimum atomic E-state index is -0.531. The summed E-state index contributed by atoms with van der Waals surface area (Å²) in [5.74, 6) is 0.417. The normalized spacial score (nSPS) is 17.9. The average Bonchev–Trinajstić information content (AvgIpc) is 3.09. The highest BCUT2D eigenvalue weighted by Gasteiger charge is 2.28. The highest BCUT2D eigenvalue weighted by Crippen LogP contribution is 2.22. The van der Waals surface area contributed by atoms with Gasteiger partial charge in [0.1, 0.15) is 6.20 Å². The lowest BCUT2D eigenvalue weighted by atomic mass is 10.1. The first-order valence-corrected chi connectivity index (χ1v) is 7.61. The van der Waals surface area contributed by atoms with Crippen molar-refractivity contribution in [2.45, 2.75) is 51.6 Å². The van der Waals surface area contributed by atoms with Crippen molar-refractivity contribution in [3.05, 3.63) is 22.1 Å². The smallest absolute Gasteiger partial charge is 0.381 e. The van der Waals surface area contributed by atoms with Gasteiger partial charge in [-0.05, 0) is 35.6 Å². The van der Waals surface area contributed by atoms with Gasteiger partial charge in [0.25, 0.3) is 0 Å². The number of carbonyl (C=O) groups is 1. The number of amides is 1. The second kappa shape index (κ2) is 7.35. The third kappa shape index (κ3) is 3.82. The molecule has 2 rings (SSSR count). The number of aliphatic hydroxyl groups excluding tert-OH is 1. The van der Waals surface area contributed by atoms with Gasteiger partial charge in [-0.15, -0.1) is 0 Å². The Hall–Kier alpha value is -1.96. The second-order valence-electron chi connectivity index (χ2n) is 5.60. The summed E-state index contributed by atoms with van der Waals surface area (Å²) >= 11 is 0. The van der Waals surface area contributed by atoms with E-state index in [0.29, 0.717) is 25.2 Å². The fourth-order valence-corrected chi connectivity index (χ4v) is 2.96. The Balaban J connectivity index is 1.90. The first kappa shape index (κ1) is 16.4. The SMILES string of the molecule is Cc1nc([N+](=O)[O-])cn1CCC(=O)N1CCCC1CCCO. The summed E-state index contributed by atoms with van der Waals surface area (Å²) in [4.78, 5) is 28.2. The number of hydrogen-bond acceptors (Lipinski definition) is 5. The summed E-state index contributed by atoms with van der Waals surface area (Å²) in [6.07, 6.45) is 5.21. The topological polar surface area (TPSA) is 102 Å². The van der Waals surface area contributed by atoms with Crippen LogP contribution in [0.25, 0.3) is 0 Å². The van der Waals surface area contributed by atoms with E-state index in [1.165, 1.54) is 6.20 Å². The van der Waals surface area contributed by atoms with Crippen molar-refractivity contribution in [1.29, 1.82) is 0 Å². The molecule has 0 spiro atoms. The summed E-state index contributed by atoms with van der Waals surface area (Å²) in [5.41, 5.74) is 0. The van der Waals surface area contributed by atoms with Crippen LogP contribution >= 0.6 is 0 Å². The van der Waals surface area contributed by atoms with E-state index in [9.17, 15) is 14.9 Å². The number of carbonyl (C=O) groups excluding carboxylic acids is 1. The van der Waals surface area contributed by atoms with Crippen molar-refractivity contribution < 1.29 is 14.8 Å². The molecule has 0 aromatic carbocycles. The molecule has 1 atom stereocenters. The molecule has 2 heterocycles. The molecule has 1 amide bonds. The van der Waals surface area contributed by atoms with Gasteiger partial charge >= 0.3 is 5.82 Å². The van der Waals surface area contributed by atoms with Crippen molar-refractivity contribution in [1.82, 2.24) is 14.5 Å². The van der Waals surface area contributed by atoms with E-state index in [1.807, 2.05) is 4.90 Å². The summed E-state index contributed by atoms with van der Waals surface area (Å²) < 4.78 is 1.65. The molecule has 0 saturated carbocycles. The molecule has 1 aliphatic heterocycles. The highest BCUT2D eigenvalue weighted by molar-refractivity contribution is 5.76. The molecule has 8 nitrogen and oxygen atoms in total. The third-order valence-corrected chi connectivity index (χ3v) is 4.11. The van der Waals surface area contributed by atoms with Gasteiger partial charge in [-0.1, -0.05) is 0 Å². The Labute approximate surface area is 128 Å². The maximum Gasteiger partial charge on any atom is 0.381 e. The van der Waals surface area contributed by atoms with Gasteiger partial charge in [0.15, 0.2) is 0 Å². The molecule has 1 saturated heterocycles. The lowest BCUT2D eigenvalue weighted by Crippen LogP contribution is -2.36. The van der Waals surface area contributed by atoms with Gasteiger partial charge in [0.05, 0.1) is 0 Å². The molecule has 22 heavy (non-hydrogen) atoms. The molecule has 0 radical (unpaired) electrons. The van der Waals surface area contributed by atoms with Gasteiger partial charge in [-0.3, -0.25) is 4.79 Å². The van der Waals surface area contributed by atoms with Crippen molar-refractivity contribution in [2.24, 2.45) is 0 Å². The molecule has 0 bridgehead atoms. The maximum absolute atomic E-state index is 12.3. The molecule has 1 aromatic heterocycles. The number of nitrogens with zero attached hydrogens (tertiary/aromatic N) is 4. The van der Waals surface area contributed by atoms with Crippen LogP contribution in [0.4, 0.5) is 5.82 Å². The number of nitro groups is 1. The van der Waals surface area contributed by atoms with Crippen LogP contribution in [0.1, 0.15) is 37.9 Å². The molecule has 1 fully saturated rings. The van der Waals surface area contributed by atoms with Gasteiger partial charge < -0.3 is 24.7 Å². The molecule has 0 aliphatic carbocycles. The molecule has 1 aromatic rings. The van der Waals surface area contributed by atoms with Crippen LogP contribution < -0.4 is 0 Å². The summed E-state index contributed by atoms with van der Waals surface area (Å²) in [7, 11) is 0. The van der Waals surface area contributed by atoms with E-state index >= 15 is 0 Å². The highest BCUT2D eigenvalue weighted by atomic mass is 16.6. The largest absolute Gasteiger partial charge is 0.396 e. The molecular formula is C14H22N4O4. The monoisotopic (exact) mass is 310 g/mol. The molecule has 1 aliphatic rings. The third-order valence-electron chi connectivity index (χ3n) is 4.11. The minimum Gasteiger partial charge on any atom is -0.396 e. The van der Waals surface area contributed by atoms with Gasteiger partial charge in [-0.2, -0.15) is 0 Å². The van der Waals surface area contributed by atoms with Crippen LogP contribution in [-0.2, 0) is 11.3 Å². The number of hydrogen-bond donors (Lipinski definition) is 1. The fourth-order valence-electron chi connectivity index (χ4n) is 2.96. The van der Waals surface area contributed by atoms with E-state index in [-0.39, 0.29) is 24.4 Å². The van der Waals surface area contributed by atoms with Crippen LogP contribution in [0.15, 0.2) is 6.20 Å². The predicted molar refractivity (Wildman–Crippen MR) is 79.3 cm³/mol. The van der Waals surface area contributed by atoms with E-state index < -0.39 is 4.92 Å². The number of likely N-dealkylation sites (tertiary alicyclic amines) is 1. The van der Waals surface area contributed by atoms with Crippen molar-refractivity contribution in [3.63, 3.8) is 0 Å². The molecule has 8 heteroatoms. The lowest BCUT2D eigenvalue weighted by Gasteiger charge is -2.24. The van der Waals surface area contributed by atoms with Gasteiger partial charge in [-0.25, -0.2) is 0 Å². The first-order chi connectivity index (χ1) is 10.5. The minimum absolute atomic E-state index is 0.0659. The summed E-state index contributed by atoms with van der Waals surface area (Å²) in [5, 5.41) is 19.6. The maximum atomic E-state index is 12.3. The fraction of sp³-hybridized carbons (Fsp3) is 0.714. The Morgan fingerprint density at radius 3 is 3.00 bits per heavy atom. The van der Waals surface area contributed by atoms with E-state index in [0.717, 1.165) is 25.8 Å². The van der Waals surface area contributed by atoms with Crippen LogP contribution in [0.2, 0.25) is 0 Å². The zero-order valence-electron chi connectivity index (χ0n) is 12.8. The quantitative estimate of drug-likeness (QED) is 0.603. The number of aromatic nitrogens is 2. The Kier molecular flexibility index (Phi) is 5.48. The summed E-state index contributed by atoms with van der Waals surface area (Å²) in [6.45, 7) is 3.00. The molecule has 1 unspecified atom stereocenters. The van der Waals surface area contributed by atoms with Gasteiger partial charge in [0.2, 0.25) is 11.7 Å².